The Morgan fingerprint density at radius 3 is 2.44 bits per heavy atom. The lowest BCUT2D eigenvalue weighted by Crippen LogP contribution is -2.46. The molecule has 1 atom stereocenters. The van der Waals surface area contributed by atoms with Crippen LogP contribution in [0.2, 0.25) is 0 Å². The molecule has 0 amide bonds. The Labute approximate surface area is 56.1 Å². The van der Waals surface area contributed by atoms with Gasteiger partial charge in [-0.05, 0) is 14.0 Å². The van der Waals surface area contributed by atoms with Crippen molar-refractivity contribution < 1.29 is 4.84 Å². The summed E-state index contributed by atoms with van der Waals surface area (Å²) < 4.78 is 0. The molecule has 0 N–H and O–H groups in total. The average Bonchev–Trinajstić information content (AvgIpc) is 1.80. The molecule has 3 heteroatoms. The average molecular weight is 130 g/mol. The van der Waals surface area contributed by atoms with E-state index >= 15 is 0 Å². The predicted molar refractivity (Wildman–Crippen MR) is 35.8 cm³/mol. The first kappa shape index (κ1) is 6.99. The summed E-state index contributed by atoms with van der Waals surface area (Å²) in [5.41, 5.74) is 0. The highest BCUT2D eigenvalue weighted by molar-refractivity contribution is 4.58. The molecule has 1 aliphatic heterocycles. The Morgan fingerprint density at radius 2 is 2.00 bits per heavy atom. The molecule has 0 aromatic rings. The molecule has 0 aliphatic carbocycles. The van der Waals surface area contributed by atoms with Crippen molar-refractivity contribution in [1.82, 2.24) is 9.96 Å². The van der Waals surface area contributed by atoms with Crippen LogP contribution in [0.15, 0.2) is 0 Å². The lowest BCUT2D eigenvalue weighted by atomic mass is 10.4. The summed E-state index contributed by atoms with van der Waals surface area (Å²) in [7, 11) is 4.03. The summed E-state index contributed by atoms with van der Waals surface area (Å²) in [6.07, 6.45) is 0.240. The van der Waals surface area contributed by atoms with Crippen molar-refractivity contribution in [2.24, 2.45) is 0 Å². The third kappa shape index (κ3) is 1.64. The quantitative estimate of drug-likeness (QED) is 0.464. The predicted octanol–water partition coefficient (Wildman–Crippen LogP) is 0.141. The van der Waals surface area contributed by atoms with Crippen LogP contribution in [0.4, 0.5) is 0 Å². The summed E-state index contributed by atoms with van der Waals surface area (Å²) in [5, 5.41) is 1.88. The van der Waals surface area contributed by atoms with Crippen molar-refractivity contribution in [3.8, 4) is 0 Å². The highest BCUT2D eigenvalue weighted by atomic mass is 16.7. The minimum Gasteiger partial charge on any atom is -0.280 e. The molecule has 1 unspecified atom stereocenters. The minimum atomic E-state index is 0.240. The number of hydrogen-bond acceptors (Lipinski definition) is 3. The fourth-order valence-electron chi connectivity index (χ4n) is 0.874. The molecule has 1 heterocycles. The van der Waals surface area contributed by atoms with Crippen LogP contribution in [0.5, 0.6) is 0 Å². The molecule has 1 fully saturated rings. The molecule has 9 heavy (non-hydrogen) atoms. The van der Waals surface area contributed by atoms with Gasteiger partial charge in [0.1, 0.15) is 6.23 Å². The molecule has 0 saturated carbocycles. The van der Waals surface area contributed by atoms with Crippen LogP contribution in [-0.4, -0.2) is 43.4 Å². The van der Waals surface area contributed by atoms with E-state index < -0.39 is 0 Å². The molecule has 54 valence electrons. The van der Waals surface area contributed by atoms with Gasteiger partial charge < -0.3 is 0 Å². The van der Waals surface area contributed by atoms with Crippen molar-refractivity contribution in [3.63, 3.8) is 0 Å². The zero-order chi connectivity index (χ0) is 6.85. The zero-order valence-corrected chi connectivity index (χ0v) is 6.29. The van der Waals surface area contributed by atoms with Gasteiger partial charge in [-0.25, -0.2) is 0 Å². The zero-order valence-electron chi connectivity index (χ0n) is 6.29. The molecular formula is C6H14N2O. The van der Waals surface area contributed by atoms with Gasteiger partial charge >= 0.3 is 0 Å². The van der Waals surface area contributed by atoms with E-state index in [2.05, 4.69) is 18.9 Å². The summed E-state index contributed by atoms with van der Waals surface area (Å²) in [5.74, 6) is 0. The van der Waals surface area contributed by atoms with Crippen LogP contribution in [0.25, 0.3) is 0 Å². The van der Waals surface area contributed by atoms with Crippen LogP contribution in [0, 0.1) is 0 Å². The SMILES string of the molecule is CC1ON(C)CCN1C. The first-order valence-corrected chi connectivity index (χ1v) is 3.28. The van der Waals surface area contributed by atoms with Gasteiger partial charge in [0.15, 0.2) is 0 Å². The molecule has 1 rings (SSSR count). The van der Waals surface area contributed by atoms with Crippen LogP contribution < -0.4 is 0 Å². The van der Waals surface area contributed by atoms with E-state index in [-0.39, 0.29) is 6.23 Å². The lowest BCUT2D eigenvalue weighted by molar-refractivity contribution is -0.247. The molecular weight excluding hydrogens is 116 g/mol. The summed E-state index contributed by atoms with van der Waals surface area (Å²) in [6, 6.07) is 0. The standard InChI is InChI=1S/C6H14N2O/c1-6-7(2)4-5-8(3)9-6/h6H,4-5H2,1-3H3. The summed E-state index contributed by atoms with van der Waals surface area (Å²) in [6.45, 7) is 4.15. The Hall–Kier alpha value is -0.120. The summed E-state index contributed by atoms with van der Waals surface area (Å²) >= 11 is 0. The molecule has 1 aliphatic rings. The number of hydrogen-bond donors (Lipinski definition) is 0. The van der Waals surface area contributed by atoms with Gasteiger partial charge in [0.25, 0.3) is 0 Å². The Morgan fingerprint density at radius 1 is 1.33 bits per heavy atom. The van der Waals surface area contributed by atoms with Crippen LogP contribution in [0.3, 0.4) is 0 Å². The van der Waals surface area contributed by atoms with Gasteiger partial charge in [-0.3, -0.25) is 9.74 Å². The van der Waals surface area contributed by atoms with E-state index in [1.165, 1.54) is 0 Å². The fourth-order valence-corrected chi connectivity index (χ4v) is 0.874. The van der Waals surface area contributed by atoms with E-state index in [1.807, 2.05) is 12.1 Å². The van der Waals surface area contributed by atoms with E-state index in [1.54, 1.807) is 0 Å². The molecule has 0 aromatic carbocycles. The van der Waals surface area contributed by atoms with Crippen LogP contribution in [0.1, 0.15) is 6.92 Å². The molecule has 1 saturated heterocycles. The van der Waals surface area contributed by atoms with Crippen molar-refractivity contribution in [1.29, 1.82) is 0 Å². The Bertz CT molecular complexity index is 97.1. The number of rotatable bonds is 0. The fraction of sp³-hybridized carbons (Fsp3) is 1.00. The second-order valence-corrected chi connectivity index (χ2v) is 2.54. The molecule has 0 radical (unpaired) electrons. The van der Waals surface area contributed by atoms with E-state index in [0.717, 1.165) is 13.1 Å². The second kappa shape index (κ2) is 2.64. The van der Waals surface area contributed by atoms with Crippen LogP contribution >= 0.6 is 0 Å². The molecule has 0 spiro atoms. The van der Waals surface area contributed by atoms with Crippen molar-refractivity contribution >= 4 is 0 Å². The van der Waals surface area contributed by atoms with E-state index in [0.29, 0.717) is 0 Å². The normalized spacial score (nSPS) is 33.0. The second-order valence-electron chi connectivity index (χ2n) is 2.54. The van der Waals surface area contributed by atoms with Gasteiger partial charge in [0.2, 0.25) is 0 Å². The number of nitrogens with zero attached hydrogens (tertiary/aromatic N) is 2. The topological polar surface area (TPSA) is 15.7 Å². The minimum absolute atomic E-state index is 0.240. The lowest BCUT2D eigenvalue weighted by Gasteiger charge is -2.34. The third-order valence-electron chi connectivity index (χ3n) is 1.72. The maximum absolute atomic E-state index is 5.36. The molecule has 3 nitrogen and oxygen atoms in total. The highest BCUT2D eigenvalue weighted by Crippen LogP contribution is 2.05. The largest absolute Gasteiger partial charge is 0.280 e. The van der Waals surface area contributed by atoms with Gasteiger partial charge in [-0.15, -0.1) is 0 Å². The molecule has 0 bridgehead atoms. The first-order chi connectivity index (χ1) is 4.20. The summed E-state index contributed by atoms with van der Waals surface area (Å²) in [4.78, 5) is 7.54. The smallest absolute Gasteiger partial charge is 0.129 e. The molecule has 0 aromatic heterocycles. The van der Waals surface area contributed by atoms with Gasteiger partial charge in [-0.1, -0.05) is 0 Å². The van der Waals surface area contributed by atoms with E-state index in [9.17, 15) is 0 Å². The maximum atomic E-state index is 5.36. The Kier molecular flexibility index (Phi) is 2.05. The first-order valence-electron chi connectivity index (χ1n) is 3.28. The van der Waals surface area contributed by atoms with Crippen molar-refractivity contribution in [3.05, 3.63) is 0 Å². The van der Waals surface area contributed by atoms with Gasteiger partial charge in [-0.2, -0.15) is 5.06 Å². The maximum Gasteiger partial charge on any atom is 0.129 e. The van der Waals surface area contributed by atoms with Crippen molar-refractivity contribution in [2.45, 2.75) is 13.2 Å². The number of hydroxylamine groups is 2. The van der Waals surface area contributed by atoms with Crippen molar-refractivity contribution in [2.75, 3.05) is 27.2 Å². The Balaban J connectivity index is 2.35. The third-order valence-corrected chi connectivity index (χ3v) is 1.72. The van der Waals surface area contributed by atoms with E-state index in [4.69, 9.17) is 4.84 Å². The monoisotopic (exact) mass is 130 g/mol. The van der Waals surface area contributed by atoms with Gasteiger partial charge in [0, 0.05) is 20.1 Å². The van der Waals surface area contributed by atoms with Crippen LogP contribution in [-0.2, 0) is 4.84 Å². The highest BCUT2D eigenvalue weighted by Gasteiger charge is 2.17. The van der Waals surface area contributed by atoms with Gasteiger partial charge in [0.05, 0.1) is 0 Å². The number of likely N-dealkylation sites (N-methyl/N-ethyl adjacent to an activating group) is 2.